The molecule has 0 atom stereocenters. The maximum Gasteiger partial charge on any atom is 0.268 e. The smallest absolute Gasteiger partial charge is 0.268 e. The van der Waals surface area contributed by atoms with Crippen LogP contribution in [0, 0.1) is 0 Å². The molecule has 2 aromatic carbocycles. The quantitative estimate of drug-likeness (QED) is 0.470. The molecule has 3 rings (SSSR count). The number of carbonyl (C=O) groups is 1. The highest BCUT2D eigenvalue weighted by atomic mass is 16.5. The van der Waals surface area contributed by atoms with Gasteiger partial charge in [-0.25, -0.2) is 0 Å². The van der Waals surface area contributed by atoms with Crippen molar-refractivity contribution in [1.82, 2.24) is 10.3 Å². The first kappa shape index (κ1) is 21.3. The van der Waals surface area contributed by atoms with E-state index in [0.29, 0.717) is 35.9 Å². The van der Waals surface area contributed by atoms with Gasteiger partial charge >= 0.3 is 0 Å². The van der Waals surface area contributed by atoms with Crippen LogP contribution in [0.1, 0.15) is 16.9 Å². The molecule has 0 bridgehead atoms. The zero-order valence-electron chi connectivity index (χ0n) is 17.3. The predicted molar refractivity (Wildman–Crippen MR) is 115 cm³/mol. The lowest BCUT2D eigenvalue weighted by Gasteiger charge is -2.15. The van der Waals surface area contributed by atoms with E-state index in [-0.39, 0.29) is 12.5 Å². The van der Waals surface area contributed by atoms with Crippen LogP contribution < -0.4 is 19.5 Å². The highest BCUT2D eigenvalue weighted by molar-refractivity contribution is 6.04. The molecule has 1 amide bonds. The monoisotopic (exact) mass is 410 g/mol. The second-order valence-corrected chi connectivity index (χ2v) is 6.57. The zero-order valence-corrected chi connectivity index (χ0v) is 17.3. The van der Waals surface area contributed by atoms with E-state index in [1.807, 2.05) is 48.7 Å². The van der Waals surface area contributed by atoms with Crippen molar-refractivity contribution >= 4 is 5.91 Å². The van der Waals surface area contributed by atoms with Gasteiger partial charge in [-0.15, -0.1) is 0 Å². The highest BCUT2D eigenvalue weighted by Gasteiger charge is 2.23. The number of aromatic nitrogens is 1. The van der Waals surface area contributed by atoms with Gasteiger partial charge in [-0.2, -0.15) is 0 Å². The third-order valence-corrected chi connectivity index (χ3v) is 4.77. The Kier molecular flexibility index (Phi) is 6.98. The fourth-order valence-corrected chi connectivity index (χ4v) is 3.34. The van der Waals surface area contributed by atoms with E-state index >= 15 is 0 Å². The molecule has 158 valence electrons. The SMILES string of the molecule is COc1cc(-c2c(-c3ccccc3)c[nH]c2C(=O)NCCCO)cc(OC)c1OC. The average molecular weight is 410 g/mol. The Hall–Kier alpha value is -3.45. The summed E-state index contributed by atoms with van der Waals surface area (Å²) < 4.78 is 16.4. The molecule has 0 spiro atoms. The molecule has 30 heavy (non-hydrogen) atoms. The zero-order chi connectivity index (χ0) is 21.5. The molecule has 3 N–H and O–H groups in total. The second kappa shape index (κ2) is 9.84. The normalized spacial score (nSPS) is 10.5. The van der Waals surface area contributed by atoms with Crippen LogP contribution in [0.15, 0.2) is 48.7 Å². The average Bonchev–Trinajstić information content (AvgIpc) is 3.24. The molecule has 0 aliphatic heterocycles. The number of aliphatic hydroxyl groups is 1. The molecular weight excluding hydrogens is 384 g/mol. The third kappa shape index (κ3) is 4.26. The first-order valence-electron chi connectivity index (χ1n) is 9.60. The number of H-pyrrole nitrogens is 1. The van der Waals surface area contributed by atoms with Gasteiger partial charge in [0.1, 0.15) is 5.69 Å². The van der Waals surface area contributed by atoms with E-state index in [2.05, 4.69) is 10.3 Å². The van der Waals surface area contributed by atoms with Crippen LogP contribution in [-0.2, 0) is 0 Å². The second-order valence-electron chi connectivity index (χ2n) is 6.57. The van der Waals surface area contributed by atoms with Crippen LogP contribution in [0.5, 0.6) is 17.2 Å². The van der Waals surface area contributed by atoms with Crippen LogP contribution in [0.3, 0.4) is 0 Å². The summed E-state index contributed by atoms with van der Waals surface area (Å²) in [7, 11) is 4.66. The van der Waals surface area contributed by atoms with Gasteiger partial charge in [0.2, 0.25) is 5.75 Å². The Balaban J connectivity index is 2.18. The first-order chi connectivity index (χ1) is 14.6. The van der Waals surface area contributed by atoms with Crippen molar-refractivity contribution in [3.05, 3.63) is 54.4 Å². The van der Waals surface area contributed by atoms with Crippen LogP contribution in [0.25, 0.3) is 22.3 Å². The molecule has 0 aliphatic rings. The maximum absolute atomic E-state index is 12.9. The molecule has 1 aromatic heterocycles. The molecule has 0 fully saturated rings. The van der Waals surface area contributed by atoms with E-state index in [4.69, 9.17) is 19.3 Å². The summed E-state index contributed by atoms with van der Waals surface area (Å²) in [6, 6.07) is 13.4. The largest absolute Gasteiger partial charge is 0.493 e. The molecule has 3 aromatic rings. The molecule has 7 nitrogen and oxygen atoms in total. The minimum Gasteiger partial charge on any atom is -0.493 e. The number of aliphatic hydroxyl groups excluding tert-OH is 1. The van der Waals surface area contributed by atoms with Gasteiger partial charge in [0.05, 0.1) is 21.3 Å². The number of methoxy groups -OCH3 is 3. The summed E-state index contributed by atoms with van der Waals surface area (Å²) in [5.41, 5.74) is 3.73. The molecular formula is C23H26N2O5. The van der Waals surface area contributed by atoms with E-state index < -0.39 is 0 Å². The topological polar surface area (TPSA) is 92.8 Å². The lowest BCUT2D eigenvalue weighted by Crippen LogP contribution is -2.25. The molecule has 1 heterocycles. The third-order valence-electron chi connectivity index (χ3n) is 4.77. The van der Waals surface area contributed by atoms with Gasteiger partial charge in [0, 0.05) is 30.5 Å². The highest BCUT2D eigenvalue weighted by Crippen LogP contribution is 2.44. The number of carbonyl (C=O) groups excluding carboxylic acids is 1. The Labute approximate surface area is 175 Å². The predicted octanol–water partition coefficient (Wildman–Crippen LogP) is 3.49. The number of aromatic amines is 1. The Bertz CT molecular complexity index is 973. The standard InChI is InChI=1S/C23H26N2O5/c1-28-18-12-16(13-19(29-2)22(18)30-3)20-17(15-8-5-4-6-9-15)14-25-21(20)23(27)24-10-7-11-26/h4-6,8-9,12-14,25-26H,7,10-11H2,1-3H3,(H,24,27). The van der Waals surface area contributed by atoms with E-state index in [9.17, 15) is 4.79 Å². The maximum atomic E-state index is 12.9. The van der Waals surface area contributed by atoms with Crippen LogP contribution in [-0.4, -0.2) is 50.5 Å². The van der Waals surface area contributed by atoms with Crippen molar-refractivity contribution < 1.29 is 24.1 Å². The summed E-state index contributed by atoms with van der Waals surface area (Å²) in [5.74, 6) is 1.22. The number of hydrogen-bond acceptors (Lipinski definition) is 5. The molecule has 0 saturated heterocycles. The number of benzene rings is 2. The van der Waals surface area contributed by atoms with E-state index in [1.54, 1.807) is 21.3 Å². The number of amides is 1. The van der Waals surface area contributed by atoms with Crippen molar-refractivity contribution in [2.75, 3.05) is 34.5 Å². The summed E-state index contributed by atoms with van der Waals surface area (Å²) >= 11 is 0. The lowest BCUT2D eigenvalue weighted by atomic mass is 9.95. The molecule has 0 radical (unpaired) electrons. The van der Waals surface area contributed by atoms with Gasteiger partial charge in [-0.05, 0) is 29.7 Å². The van der Waals surface area contributed by atoms with Gasteiger partial charge in [0.15, 0.2) is 11.5 Å². The molecule has 0 saturated carbocycles. The van der Waals surface area contributed by atoms with Gasteiger partial charge in [-0.1, -0.05) is 30.3 Å². The van der Waals surface area contributed by atoms with E-state index in [1.165, 1.54) is 0 Å². The minimum absolute atomic E-state index is 0.0139. The fraction of sp³-hybridized carbons (Fsp3) is 0.261. The van der Waals surface area contributed by atoms with Crippen LogP contribution in [0.2, 0.25) is 0 Å². The number of ether oxygens (including phenoxy) is 3. The number of nitrogens with one attached hydrogen (secondary N) is 2. The minimum atomic E-state index is -0.255. The number of rotatable bonds is 9. The van der Waals surface area contributed by atoms with Gasteiger partial charge in [-0.3, -0.25) is 4.79 Å². The lowest BCUT2D eigenvalue weighted by molar-refractivity contribution is 0.0947. The van der Waals surface area contributed by atoms with Gasteiger partial charge < -0.3 is 29.6 Å². The van der Waals surface area contributed by atoms with Crippen molar-refractivity contribution in [3.8, 4) is 39.5 Å². The van der Waals surface area contributed by atoms with Crippen molar-refractivity contribution in [2.24, 2.45) is 0 Å². The molecule has 0 aliphatic carbocycles. The first-order valence-corrected chi connectivity index (χ1v) is 9.60. The van der Waals surface area contributed by atoms with Gasteiger partial charge in [0.25, 0.3) is 5.91 Å². The fourth-order valence-electron chi connectivity index (χ4n) is 3.34. The molecule has 7 heteroatoms. The summed E-state index contributed by atoms with van der Waals surface area (Å²) in [6.07, 6.45) is 2.30. The molecule has 0 unspecified atom stereocenters. The van der Waals surface area contributed by atoms with Crippen molar-refractivity contribution in [3.63, 3.8) is 0 Å². The summed E-state index contributed by atoms with van der Waals surface area (Å²) in [5, 5.41) is 11.8. The van der Waals surface area contributed by atoms with E-state index in [0.717, 1.165) is 22.3 Å². The van der Waals surface area contributed by atoms with Crippen LogP contribution in [0.4, 0.5) is 0 Å². The Morgan fingerprint density at radius 3 is 2.23 bits per heavy atom. The summed E-state index contributed by atoms with van der Waals surface area (Å²) in [6.45, 7) is 0.393. The number of hydrogen-bond donors (Lipinski definition) is 3. The van der Waals surface area contributed by atoms with Crippen LogP contribution >= 0.6 is 0 Å². The Morgan fingerprint density at radius 2 is 1.67 bits per heavy atom. The van der Waals surface area contributed by atoms with Crippen molar-refractivity contribution in [1.29, 1.82) is 0 Å². The van der Waals surface area contributed by atoms with Crippen molar-refractivity contribution in [2.45, 2.75) is 6.42 Å². The Morgan fingerprint density at radius 1 is 1.00 bits per heavy atom. The summed E-state index contributed by atoms with van der Waals surface area (Å²) in [4.78, 5) is 16.0.